The summed E-state index contributed by atoms with van der Waals surface area (Å²) in [6, 6.07) is 12.2. The first-order valence-electron chi connectivity index (χ1n) is 9.03. The summed E-state index contributed by atoms with van der Waals surface area (Å²) in [4.78, 5) is 0. The fourth-order valence-electron chi connectivity index (χ4n) is 5.49. The van der Waals surface area contributed by atoms with Gasteiger partial charge in [0.05, 0.1) is 0 Å². The average Bonchev–Trinajstić information content (AvgIpc) is 3.06. The van der Waals surface area contributed by atoms with Crippen LogP contribution in [-0.2, 0) is 5.41 Å². The van der Waals surface area contributed by atoms with Gasteiger partial charge >= 0.3 is 0 Å². The highest BCUT2D eigenvalue weighted by Crippen LogP contribution is 2.63. The largest absolute Gasteiger partial charge is 0.508 e. The second kappa shape index (κ2) is 5.27. The zero-order valence-electron chi connectivity index (χ0n) is 14.7. The van der Waals surface area contributed by atoms with Gasteiger partial charge in [0.1, 0.15) is 11.5 Å². The van der Waals surface area contributed by atoms with E-state index in [0.717, 1.165) is 23.0 Å². The minimum Gasteiger partial charge on any atom is -0.508 e. The Balaban J connectivity index is 1.93. The molecule has 2 fully saturated rings. The SMILES string of the molecule is Cc1cc(C2(c3ccc(O)c(C)c3)CC3CCC2C3C)ccc1O. The van der Waals surface area contributed by atoms with Crippen molar-refractivity contribution in [3.63, 3.8) is 0 Å². The molecule has 2 aromatic rings. The third-order valence-electron chi connectivity index (χ3n) is 6.87. The normalized spacial score (nSPS) is 27.5. The molecule has 0 radical (unpaired) electrons. The summed E-state index contributed by atoms with van der Waals surface area (Å²) in [7, 11) is 0. The summed E-state index contributed by atoms with van der Waals surface area (Å²) in [6.45, 7) is 6.36. The van der Waals surface area contributed by atoms with E-state index in [-0.39, 0.29) is 5.41 Å². The Kier molecular flexibility index (Phi) is 3.42. The van der Waals surface area contributed by atoms with E-state index in [2.05, 4.69) is 31.2 Å². The number of rotatable bonds is 2. The van der Waals surface area contributed by atoms with Gasteiger partial charge in [-0.05, 0) is 85.3 Å². The number of hydrogen-bond acceptors (Lipinski definition) is 2. The Labute approximate surface area is 144 Å². The number of aryl methyl sites for hydroxylation is 2. The van der Waals surface area contributed by atoms with Crippen LogP contribution in [0, 0.1) is 31.6 Å². The van der Waals surface area contributed by atoms with Crippen molar-refractivity contribution >= 4 is 0 Å². The molecule has 3 unspecified atom stereocenters. The highest BCUT2D eigenvalue weighted by molar-refractivity contribution is 5.50. The van der Waals surface area contributed by atoms with Crippen molar-refractivity contribution in [1.82, 2.24) is 0 Å². The molecule has 24 heavy (non-hydrogen) atoms. The van der Waals surface area contributed by atoms with Gasteiger partial charge in [-0.25, -0.2) is 0 Å². The van der Waals surface area contributed by atoms with Gasteiger partial charge in [0.15, 0.2) is 0 Å². The lowest BCUT2D eigenvalue weighted by Crippen LogP contribution is -2.35. The second-order valence-corrected chi connectivity index (χ2v) is 7.98. The van der Waals surface area contributed by atoms with E-state index >= 15 is 0 Å². The third kappa shape index (κ3) is 2.02. The molecule has 126 valence electrons. The van der Waals surface area contributed by atoms with E-state index in [4.69, 9.17) is 0 Å². The van der Waals surface area contributed by atoms with Crippen molar-refractivity contribution in [2.75, 3.05) is 0 Å². The van der Waals surface area contributed by atoms with E-state index in [0.29, 0.717) is 17.4 Å². The predicted octanol–water partition coefficient (Wildman–Crippen LogP) is 5.07. The van der Waals surface area contributed by atoms with Gasteiger partial charge in [-0.2, -0.15) is 0 Å². The van der Waals surface area contributed by atoms with Gasteiger partial charge in [-0.1, -0.05) is 31.2 Å². The van der Waals surface area contributed by atoms with Crippen molar-refractivity contribution in [3.05, 3.63) is 58.7 Å². The van der Waals surface area contributed by atoms with Gasteiger partial charge in [0.25, 0.3) is 0 Å². The Morgan fingerprint density at radius 2 is 1.42 bits per heavy atom. The maximum absolute atomic E-state index is 9.97. The zero-order valence-corrected chi connectivity index (χ0v) is 14.7. The number of hydrogen-bond donors (Lipinski definition) is 2. The molecule has 0 aliphatic heterocycles. The Bertz CT molecular complexity index is 741. The van der Waals surface area contributed by atoms with Gasteiger partial charge in [-0.15, -0.1) is 0 Å². The fraction of sp³-hybridized carbons (Fsp3) is 0.455. The van der Waals surface area contributed by atoms with Gasteiger partial charge < -0.3 is 10.2 Å². The van der Waals surface area contributed by atoms with Crippen LogP contribution >= 0.6 is 0 Å². The quantitative estimate of drug-likeness (QED) is 0.810. The zero-order chi connectivity index (χ0) is 17.1. The molecule has 2 heteroatoms. The summed E-state index contributed by atoms with van der Waals surface area (Å²) in [6.07, 6.45) is 3.78. The van der Waals surface area contributed by atoms with E-state index in [1.165, 1.54) is 30.4 Å². The maximum atomic E-state index is 9.97. The minimum atomic E-state index is 0.0131. The highest BCUT2D eigenvalue weighted by atomic mass is 16.3. The fourth-order valence-corrected chi connectivity index (χ4v) is 5.49. The van der Waals surface area contributed by atoms with Crippen LogP contribution in [0.1, 0.15) is 48.4 Å². The van der Waals surface area contributed by atoms with Crippen LogP contribution in [0.2, 0.25) is 0 Å². The van der Waals surface area contributed by atoms with Crippen LogP contribution < -0.4 is 0 Å². The molecule has 2 aliphatic carbocycles. The lowest BCUT2D eigenvalue weighted by atomic mass is 9.63. The summed E-state index contributed by atoms with van der Waals surface area (Å²) in [5.41, 5.74) is 4.54. The van der Waals surface area contributed by atoms with Crippen molar-refractivity contribution in [2.24, 2.45) is 17.8 Å². The molecule has 4 rings (SSSR count). The Morgan fingerprint density at radius 3 is 1.79 bits per heavy atom. The monoisotopic (exact) mass is 322 g/mol. The number of fused-ring (bicyclic) bond motifs is 2. The van der Waals surface area contributed by atoms with Crippen LogP contribution in [0.15, 0.2) is 36.4 Å². The van der Waals surface area contributed by atoms with E-state index in [1.807, 2.05) is 26.0 Å². The molecule has 0 spiro atoms. The van der Waals surface area contributed by atoms with Crippen molar-refractivity contribution in [2.45, 2.75) is 45.4 Å². The van der Waals surface area contributed by atoms with E-state index in [1.54, 1.807) is 0 Å². The molecule has 2 aliphatic rings. The molecule has 2 nitrogen and oxygen atoms in total. The first kappa shape index (κ1) is 15.6. The van der Waals surface area contributed by atoms with Crippen LogP contribution in [0.3, 0.4) is 0 Å². The molecule has 2 saturated carbocycles. The lowest BCUT2D eigenvalue weighted by molar-refractivity contribution is 0.308. The molecular formula is C22H26O2. The molecule has 0 heterocycles. The van der Waals surface area contributed by atoms with E-state index < -0.39 is 0 Å². The third-order valence-corrected chi connectivity index (χ3v) is 6.87. The molecular weight excluding hydrogens is 296 g/mol. The predicted molar refractivity (Wildman–Crippen MR) is 96.5 cm³/mol. The molecule has 2 bridgehead atoms. The molecule has 2 aromatic carbocycles. The van der Waals surface area contributed by atoms with Crippen LogP contribution in [0.4, 0.5) is 0 Å². The number of phenolic OH excluding ortho intramolecular Hbond substituents is 2. The maximum Gasteiger partial charge on any atom is 0.118 e. The second-order valence-electron chi connectivity index (χ2n) is 7.98. The Hall–Kier alpha value is -1.96. The van der Waals surface area contributed by atoms with Gasteiger partial charge in [-0.3, -0.25) is 0 Å². The van der Waals surface area contributed by atoms with Crippen molar-refractivity contribution in [1.29, 1.82) is 0 Å². The van der Waals surface area contributed by atoms with Crippen molar-refractivity contribution in [3.8, 4) is 11.5 Å². The van der Waals surface area contributed by atoms with Gasteiger partial charge in [0.2, 0.25) is 0 Å². The first-order chi connectivity index (χ1) is 11.4. The lowest BCUT2D eigenvalue weighted by Gasteiger charge is -2.40. The van der Waals surface area contributed by atoms with Crippen molar-refractivity contribution < 1.29 is 10.2 Å². The topological polar surface area (TPSA) is 40.5 Å². The average molecular weight is 322 g/mol. The molecule has 2 N–H and O–H groups in total. The minimum absolute atomic E-state index is 0.0131. The summed E-state index contributed by atoms with van der Waals surface area (Å²) < 4.78 is 0. The summed E-state index contributed by atoms with van der Waals surface area (Å²) in [5.74, 6) is 2.88. The van der Waals surface area contributed by atoms with Crippen LogP contribution in [0.25, 0.3) is 0 Å². The summed E-state index contributed by atoms with van der Waals surface area (Å²) >= 11 is 0. The molecule has 0 amide bonds. The molecule has 0 aromatic heterocycles. The van der Waals surface area contributed by atoms with E-state index in [9.17, 15) is 10.2 Å². The molecule has 0 saturated heterocycles. The highest BCUT2D eigenvalue weighted by Gasteiger charge is 2.56. The van der Waals surface area contributed by atoms with Crippen LogP contribution in [0.5, 0.6) is 11.5 Å². The first-order valence-corrected chi connectivity index (χ1v) is 9.03. The van der Waals surface area contributed by atoms with Crippen LogP contribution in [-0.4, -0.2) is 10.2 Å². The number of aromatic hydroxyl groups is 2. The van der Waals surface area contributed by atoms with Gasteiger partial charge in [0, 0.05) is 5.41 Å². The molecule has 3 atom stereocenters. The Morgan fingerprint density at radius 1 is 0.875 bits per heavy atom. The summed E-state index contributed by atoms with van der Waals surface area (Å²) in [5, 5.41) is 19.9. The number of benzene rings is 2. The standard InChI is InChI=1S/C22H26O2/c1-13-10-17(5-8-20(13)23)22(12-16-4-7-19(22)15(16)3)18-6-9-21(24)14(2)11-18/h5-6,8-11,15-16,19,23-24H,4,7,12H2,1-3H3. The smallest absolute Gasteiger partial charge is 0.118 e. The number of phenols is 2.